The molecule has 3 nitrogen and oxygen atoms in total. The van der Waals surface area contributed by atoms with Gasteiger partial charge in [-0.3, -0.25) is 0 Å². The highest BCUT2D eigenvalue weighted by molar-refractivity contribution is 7.22. The van der Waals surface area contributed by atoms with Crippen LogP contribution in [0.2, 0.25) is 0 Å². The predicted octanol–water partition coefficient (Wildman–Crippen LogP) is 8.39. The zero-order chi connectivity index (χ0) is 25.9. The van der Waals surface area contributed by atoms with E-state index in [4.69, 9.17) is 4.98 Å². The molecule has 0 spiro atoms. The Hall–Kier alpha value is -4.41. The molecule has 0 aliphatic carbocycles. The van der Waals surface area contributed by atoms with Gasteiger partial charge in [0.15, 0.2) is 5.13 Å². The van der Waals surface area contributed by atoms with Gasteiger partial charge in [-0.2, -0.15) is 0 Å². The minimum atomic E-state index is -0.0144. The highest BCUT2D eigenvalue weighted by Gasteiger charge is 2.27. The van der Waals surface area contributed by atoms with E-state index in [2.05, 4.69) is 157 Å². The summed E-state index contributed by atoms with van der Waals surface area (Å²) in [6.45, 7) is 0. The number of para-hydroxylation sites is 1. The Morgan fingerprint density at radius 3 is 2.11 bits per heavy atom. The van der Waals surface area contributed by atoms with Crippen LogP contribution in [0.25, 0.3) is 27.6 Å². The Morgan fingerprint density at radius 1 is 0.763 bits per heavy atom. The molecule has 38 heavy (non-hydrogen) atoms. The molecule has 0 radical (unpaired) electrons. The number of benzene rings is 4. The Bertz CT molecular complexity index is 1600. The van der Waals surface area contributed by atoms with Crippen LogP contribution in [0.5, 0.6) is 0 Å². The Labute approximate surface area is 228 Å². The van der Waals surface area contributed by atoms with Gasteiger partial charge in [0.25, 0.3) is 0 Å². The van der Waals surface area contributed by atoms with Crippen molar-refractivity contribution >= 4 is 49.7 Å². The average molecular weight is 512 g/mol. The molecule has 1 aliphatic heterocycles. The largest absolute Gasteiger partial charge is 0.378 e. The summed E-state index contributed by atoms with van der Waals surface area (Å²) in [7, 11) is 4.13. The summed E-state index contributed by atoms with van der Waals surface area (Å²) in [6, 6.07) is 38.3. The van der Waals surface area contributed by atoms with Crippen molar-refractivity contribution in [1.82, 2.24) is 4.98 Å². The minimum Gasteiger partial charge on any atom is -0.378 e. The molecule has 5 aromatic rings. The fourth-order valence-electron chi connectivity index (χ4n) is 4.75. The van der Waals surface area contributed by atoms with Gasteiger partial charge < -0.3 is 9.80 Å². The van der Waals surface area contributed by atoms with Crippen LogP contribution in [0.4, 0.5) is 10.8 Å². The molecular formula is C34H29N3S. The molecule has 0 saturated heterocycles. The van der Waals surface area contributed by atoms with E-state index in [1.54, 1.807) is 11.3 Å². The normalized spacial score (nSPS) is 15.5. The molecule has 0 N–H and O–H groups in total. The first-order valence-corrected chi connectivity index (χ1v) is 13.6. The number of rotatable bonds is 6. The standard InChI is InChI=1S/C34H29N3S/c1-36(2)29-20-17-25(18-21-29)19-22-30-23-28(26-11-5-3-6-12-26)24-32(27-13-7-4-8-14-27)37(30)34-35-31-15-9-10-16-33(31)38-34/h3-24,30H,1-2H3. The number of hydrogen-bond acceptors (Lipinski definition) is 4. The number of aromatic nitrogens is 1. The van der Waals surface area contributed by atoms with Crippen molar-refractivity contribution in [3.8, 4) is 0 Å². The summed E-state index contributed by atoms with van der Waals surface area (Å²) in [4.78, 5) is 9.57. The molecule has 1 unspecified atom stereocenters. The zero-order valence-corrected chi connectivity index (χ0v) is 22.3. The second-order valence-corrected chi connectivity index (χ2v) is 10.6. The van der Waals surface area contributed by atoms with Crippen molar-refractivity contribution in [2.24, 2.45) is 0 Å². The van der Waals surface area contributed by atoms with Crippen molar-refractivity contribution in [3.63, 3.8) is 0 Å². The Kier molecular flexibility index (Phi) is 6.63. The topological polar surface area (TPSA) is 19.4 Å². The van der Waals surface area contributed by atoms with Crippen molar-refractivity contribution < 1.29 is 0 Å². The van der Waals surface area contributed by atoms with Crippen LogP contribution in [0.3, 0.4) is 0 Å². The summed E-state index contributed by atoms with van der Waals surface area (Å²) >= 11 is 1.74. The van der Waals surface area contributed by atoms with Gasteiger partial charge in [0.1, 0.15) is 0 Å². The maximum Gasteiger partial charge on any atom is 0.191 e. The lowest BCUT2D eigenvalue weighted by atomic mass is 9.94. The Balaban J connectivity index is 1.49. The maximum absolute atomic E-state index is 5.08. The molecule has 1 aliphatic rings. The number of anilines is 2. The van der Waals surface area contributed by atoms with Crippen molar-refractivity contribution in [2.75, 3.05) is 23.9 Å². The molecule has 0 bridgehead atoms. The highest BCUT2D eigenvalue weighted by atomic mass is 32.1. The van der Waals surface area contributed by atoms with E-state index in [9.17, 15) is 0 Å². The van der Waals surface area contributed by atoms with Gasteiger partial charge in [0, 0.05) is 19.8 Å². The second kappa shape index (κ2) is 10.5. The lowest BCUT2D eigenvalue weighted by molar-refractivity contribution is 0.940. The van der Waals surface area contributed by atoms with Crippen LogP contribution in [-0.2, 0) is 0 Å². The molecule has 0 fully saturated rings. The van der Waals surface area contributed by atoms with Gasteiger partial charge in [0.05, 0.1) is 22.0 Å². The maximum atomic E-state index is 5.08. The van der Waals surface area contributed by atoms with Gasteiger partial charge in [-0.15, -0.1) is 0 Å². The second-order valence-electron chi connectivity index (χ2n) is 9.55. The summed E-state index contributed by atoms with van der Waals surface area (Å²) < 4.78 is 1.19. The van der Waals surface area contributed by atoms with Crippen LogP contribution in [0.15, 0.2) is 127 Å². The monoisotopic (exact) mass is 511 g/mol. The molecule has 4 heteroatoms. The molecular weight excluding hydrogens is 482 g/mol. The van der Waals surface area contributed by atoms with Crippen molar-refractivity contribution in [1.29, 1.82) is 0 Å². The van der Waals surface area contributed by atoms with Gasteiger partial charge in [-0.1, -0.05) is 108 Å². The third kappa shape index (κ3) is 4.91. The molecule has 186 valence electrons. The van der Waals surface area contributed by atoms with Gasteiger partial charge in [0.2, 0.25) is 0 Å². The van der Waals surface area contributed by atoms with Crippen LogP contribution >= 0.6 is 11.3 Å². The zero-order valence-electron chi connectivity index (χ0n) is 21.5. The molecule has 2 heterocycles. The summed E-state index contributed by atoms with van der Waals surface area (Å²) in [6.07, 6.45) is 9.15. The molecule has 1 aromatic heterocycles. The third-order valence-electron chi connectivity index (χ3n) is 6.76. The van der Waals surface area contributed by atoms with Crippen LogP contribution in [0.1, 0.15) is 16.7 Å². The van der Waals surface area contributed by atoms with Crippen LogP contribution < -0.4 is 9.80 Å². The first-order valence-electron chi connectivity index (χ1n) is 12.8. The number of allylic oxidation sites excluding steroid dienone is 2. The van der Waals surface area contributed by atoms with E-state index in [-0.39, 0.29) is 6.04 Å². The lowest BCUT2D eigenvalue weighted by Gasteiger charge is -2.34. The SMILES string of the molecule is CN(C)c1ccc(C=CC2C=C(c3ccccc3)C=C(c3ccccc3)N2c2nc3ccccc3s2)cc1. The number of fused-ring (bicyclic) bond motifs is 1. The predicted molar refractivity (Wildman–Crippen MR) is 165 cm³/mol. The first kappa shape index (κ1) is 24.0. The quantitative estimate of drug-likeness (QED) is 0.228. The molecule has 4 aromatic carbocycles. The summed E-state index contributed by atoms with van der Waals surface area (Å²) in [5, 5.41) is 0.988. The molecule has 6 rings (SSSR count). The smallest absolute Gasteiger partial charge is 0.191 e. The Morgan fingerprint density at radius 2 is 1.42 bits per heavy atom. The van der Waals surface area contributed by atoms with E-state index in [0.717, 1.165) is 16.3 Å². The number of thiazole rings is 1. The minimum absolute atomic E-state index is 0.0144. The fraction of sp³-hybridized carbons (Fsp3) is 0.0882. The average Bonchev–Trinajstić information content (AvgIpc) is 3.40. The highest BCUT2D eigenvalue weighted by Crippen LogP contribution is 2.40. The van der Waals surface area contributed by atoms with Crippen LogP contribution in [-0.4, -0.2) is 25.1 Å². The van der Waals surface area contributed by atoms with Crippen LogP contribution in [0, 0.1) is 0 Å². The van der Waals surface area contributed by atoms with Crippen molar-refractivity contribution in [3.05, 3.63) is 144 Å². The molecule has 0 saturated carbocycles. The first-order chi connectivity index (χ1) is 18.7. The fourth-order valence-corrected chi connectivity index (χ4v) is 5.78. The van der Waals surface area contributed by atoms with E-state index in [1.807, 2.05) is 0 Å². The molecule has 1 atom stereocenters. The van der Waals surface area contributed by atoms with E-state index in [1.165, 1.54) is 32.7 Å². The lowest BCUT2D eigenvalue weighted by Crippen LogP contribution is -2.33. The van der Waals surface area contributed by atoms with E-state index < -0.39 is 0 Å². The van der Waals surface area contributed by atoms with E-state index in [0.29, 0.717) is 0 Å². The van der Waals surface area contributed by atoms with Gasteiger partial charge in [-0.05, 0) is 58.7 Å². The number of nitrogens with zero attached hydrogens (tertiary/aromatic N) is 3. The van der Waals surface area contributed by atoms with E-state index >= 15 is 0 Å². The number of hydrogen-bond donors (Lipinski definition) is 0. The molecule has 0 amide bonds. The third-order valence-corrected chi connectivity index (χ3v) is 7.80. The summed E-state index contributed by atoms with van der Waals surface area (Å²) in [5.41, 5.74) is 8.12. The van der Waals surface area contributed by atoms with Gasteiger partial charge in [-0.25, -0.2) is 4.98 Å². The van der Waals surface area contributed by atoms with Gasteiger partial charge >= 0.3 is 0 Å². The summed E-state index contributed by atoms with van der Waals surface area (Å²) in [5.74, 6) is 0. The van der Waals surface area contributed by atoms with Crippen molar-refractivity contribution in [2.45, 2.75) is 6.04 Å².